The van der Waals surface area contributed by atoms with Gasteiger partial charge in [-0.15, -0.1) is 6.42 Å². The van der Waals surface area contributed by atoms with Crippen LogP contribution in [0.15, 0.2) is 18.2 Å². The van der Waals surface area contributed by atoms with Crippen molar-refractivity contribution >= 4 is 23.5 Å². The Labute approximate surface area is 108 Å². The van der Waals surface area contributed by atoms with Crippen LogP contribution in [0.4, 0.5) is 4.39 Å². The summed E-state index contributed by atoms with van der Waals surface area (Å²) in [6.07, 6.45) is 4.93. The van der Waals surface area contributed by atoms with Gasteiger partial charge in [-0.25, -0.2) is 9.18 Å². The van der Waals surface area contributed by atoms with Gasteiger partial charge in [-0.1, -0.05) is 17.5 Å². The van der Waals surface area contributed by atoms with Gasteiger partial charge in [0.25, 0.3) is 5.91 Å². The van der Waals surface area contributed by atoms with E-state index >= 15 is 0 Å². The van der Waals surface area contributed by atoms with Crippen LogP contribution in [0.1, 0.15) is 10.4 Å². The van der Waals surface area contributed by atoms with Gasteiger partial charge in [0.1, 0.15) is 5.82 Å². The number of esters is 1. The predicted molar refractivity (Wildman–Crippen MR) is 63.5 cm³/mol. The summed E-state index contributed by atoms with van der Waals surface area (Å²) >= 11 is 5.66. The van der Waals surface area contributed by atoms with E-state index in [-0.39, 0.29) is 17.1 Å². The van der Waals surface area contributed by atoms with Crippen LogP contribution in [-0.4, -0.2) is 25.0 Å². The van der Waals surface area contributed by atoms with Gasteiger partial charge in [0, 0.05) is 0 Å². The van der Waals surface area contributed by atoms with Crippen molar-refractivity contribution in [2.24, 2.45) is 0 Å². The number of hydrogen-bond acceptors (Lipinski definition) is 3. The van der Waals surface area contributed by atoms with Crippen LogP contribution in [-0.2, 0) is 9.53 Å². The number of carbonyl (C=O) groups excluding carboxylic acids is 2. The predicted octanol–water partition coefficient (Wildman–Crippen LogP) is 1.39. The first kappa shape index (κ1) is 14.0. The van der Waals surface area contributed by atoms with Crippen molar-refractivity contribution in [2.75, 3.05) is 13.2 Å². The van der Waals surface area contributed by atoms with Crippen molar-refractivity contribution in [3.05, 3.63) is 34.6 Å². The number of hydrogen-bond donors (Lipinski definition) is 1. The summed E-state index contributed by atoms with van der Waals surface area (Å²) in [5.74, 6) is 0.294. The van der Waals surface area contributed by atoms with Gasteiger partial charge in [-0.2, -0.15) is 0 Å². The third-order valence-electron chi connectivity index (χ3n) is 1.87. The smallest absolute Gasteiger partial charge is 0.340 e. The van der Waals surface area contributed by atoms with Crippen molar-refractivity contribution in [3.8, 4) is 12.3 Å². The molecule has 0 fully saturated rings. The highest BCUT2D eigenvalue weighted by atomic mass is 35.5. The average molecular weight is 270 g/mol. The Hall–Kier alpha value is -2.06. The number of ether oxygens (including phenoxy) is 1. The standard InChI is InChI=1S/C12H9ClFNO3/c1-2-5-15-11(16)7-18-12(17)9-4-3-8(14)6-10(9)13/h1,3-4,6H,5,7H2,(H,15,16). The second-order valence-electron chi connectivity index (χ2n) is 3.18. The highest BCUT2D eigenvalue weighted by Gasteiger charge is 2.13. The van der Waals surface area contributed by atoms with Gasteiger partial charge >= 0.3 is 5.97 Å². The summed E-state index contributed by atoms with van der Waals surface area (Å²) in [7, 11) is 0. The van der Waals surface area contributed by atoms with E-state index in [1.165, 1.54) is 6.07 Å². The van der Waals surface area contributed by atoms with Gasteiger partial charge in [0.15, 0.2) is 6.61 Å². The molecule has 0 unspecified atom stereocenters. The second kappa shape index (κ2) is 6.62. The zero-order chi connectivity index (χ0) is 13.5. The van der Waals surface area contributed by atoms with E-state index in [4.69, 9.17) is 18.0 Å². The summed E-state index contributed by atoms with van der Waals surface area (Å²) < 4.78 is 17.4. The minimum absolute atomic E-state index is 0.0113. The van der Waals surface area contributed by atoms with Gasteiger partial charge in [-0.3, -0.25) is 4.79 Å². The number of terminal acetylenes is 1. The topological polar surface area (TPSA) is 55.4 Å². The Morgan fingerprint density at radius 1 is 1.50 bits per heavy atom. The fourth-order valence-electron chi connectivity index (χ4n) is 1.06. The zero-order valence-electron chi connectivity index (χ0n) is 9.20. The summed E-state index contributed by atoms with van der Waals surface area (Å²) in [4.78, 5) is 22.6. The first-order valence-corrected chi connectivity index (χ1v) is 5.24. The van der Waals surface area contributed by atoms with Gasteiger partial charge < -0.3 is 10.1 Å². The van der Waals surface area contributed by atoms with Crippen molar-refractivity contribution in [2.45, 2.75) is 0 Å². The minimum Gasteiger partial charge on any atom is -0.452 e. The Morgan fingerprint density at radius 3 is 2.83 bits per heavy atom. The molecule has 6 heteroatoms. The molecule has 0 saturated heterocycles. The van der Waals surface area contributed by atoms with Crippen LogP contribution >= 0.6 is 11.6 Å². The number of carbonyl (C=O) groups is 2. The van der Waals surface area contributed by atoms with E-state index in [1.54, 1.807) is 0 Å². The third kappa shape index (κ3) is 4.07. The number of rotatable bonds is 4. The van der Waals surface area contributed by atoms with Crippen LogP contribution in [0.25, 0.3) is 0 Å². The molecular weight excluding hydrogens is 261 g/mol. The lowest BCUT2D eigenvalue weighted by Crippen LogP contribution is -2.29. The Kier molecular flexibility index (Phi) is 5.15. The molecule has 1 aromatic rings. The molecule has 0 aromatic heterocycles. The van der Waals surface area contributed by atoms with Crippen LogP contribution in [0, 0.1) is 18.2 Å². The van der Waals surface area contributed by atoms with E-state index in [1.807, 2.05) is 0 Å². The summed E-state index contributed by atoms with van der Waals surface area (Å²) in [6.45, 7) is -0.429. The Bertz CT molecular complexity index is 511. The molecule has 0 atom stereocenters. The zero-order valence-corrected chi connectivity index (χ0v) is 9.96. The molecule has 4 nitrogen and oxygen atoms in total. The molecule has 1 aromatic carbocycles. The first-order valence-electron chi connectivity index (χ1n) is 4.87. The molecule has 0 aliphatic carbocycles. The normalized spacial score (nSPS) is 9.39. The minimum atomic E-state index is -0.809. The number of amides is 1. The highest BCUT2D eigenvalue weighted by Crippen LogP contribution is 2.17. The van der Waals surface area contributed by atoms with Gasteiger partial charge in [-0.05, 0) is 18.2 Å². The monoisotopic (exact) mass is 269 g/mol. The molecule has 0 spiro atoms. The maximum Gasteiger partial charge on any atom is 0.340 e. The molecule has 0 saturated carbocycles. The van der Waals surface area contributed by atoms with Crippen LogP contribution in [0.2, 0.25) is 5.02 Å². The van der Waals surface area contributed by atoms with Crippen molar-refractivity contribution in [1.82, 2.24) is 5.32 Å². The lowest BCUT2D eigenvalue weighted by molar-refractivity contribution is -0.123. The quantitative estimate of drug-likeness (QED) is 0.664. The maximum atomic E-state index is 12.7. The van der Waals surface area contributed by atoms with E-state index in [0.29, 0.717) is 0 Å². The van der Waals surface area contributed by atoms with E-state index < -0.39 is 24.3 Å². The number of halogens is 2. The average Bonchev–Trinajstić information content (AvgIpc) is 2.33. The molecular formula is C12H9ClFNO3. The van der Waals surface area contributed by atoms with Crippen molar-refractivity contribution in [3.63, 3.8) is 0 Å². The molecule has 1 amide bonds. The summed E-state index contributed by atoms with van der Waals surface area (Å²) in [5.41, 5.74) is -0.0113. The van der Waals surface area contributed by atoms with Crippen molar-refractivity contribution < 1.29 is 18.7 Å². The number of nitrogens with one attached hydrogen (secondary N) is 1. The van der Waals surface area contributed by atoms with Crippen LogP contribution in [0.3, 0.4) is 0 Å². The van der Waals surface area contributed by atoms with Crippen LogP contribution < -0.4 is 5.32 Å². The number of benzene rings is 1. The molecule has 0 bridgehead atoms. The van der Waals surface area contributed by atoms with E-state index in [2.05, 4.69) is 16.0 Å². The Balaban J connectivity index is 2.56. The lowest BCUT2D eigenvalue weighted by Gasteiger charge is -2.06. The summed E-state index contributed by atoms with van der Waals surface area (Å²) in [5, 5.41) is 2.24. The molecule has 18 heavy (non-hydrogen) atoms. The maximum absolute atomic E-state index is 12.7. The van der Waals surface area contributed by atoms with Gasteiger partial charge in [0.05, 0.1) is 17.1 Å². The third-order valence-corrected chi connectivity index (χ3v) is 2.19. The molecule has 1 rings (SSSR count). The molecule has 1 N–H and O–H groups in total. The molecule has 0 aliphatic rings. The van der Waals surface area contributed by atoms with Crippen molar-refractivity contribution in [1.29, 1.82) is 0 Å². The Morgan fingerprint density at radius 2 is 2.22 bits per heavy atom. The lowest BCUT2D eigenvalue weighted by atomic mass is 10.2. The molecule has 0 radical (unpaired) electrons. The molecule has 94 valence electrons. The molecule has 0 heterocycles. The summed E-state index contributed by atoms with van der Waals surface area (Å²) in [6, 6.07) is 3.23. The van der Waals surface area contributed by atoms with Crippen LogP contribution in [0.5, 0.6) is 0 Å². The fourth-order valence-corrected chi connectivity index (χ4v) is 1.31. The first-order chi connectivity index (χ1) is 8.54. The van der Waals surface area contributed by atoms with E-state index in [0.717, 1.165) is 12.1 Å². The highest BCUT2D eigenvalue weighted by molar-refractivity contribution is 6.33. The molecule has 0 aliphatic heterocycles. The SMILES string of the molecule is C#CCNC(=O)COC(=O)c1ccc(F)cc1Cl. The second-order valence-corrected chi connectivity index (χ2v) is 3.59. The van der Waals surface area contributed by atoms with Gasteiger partial charge in [0.2, 0.25) is 0 Å². The fraction of sp³-hybridized carbons (Fsp3) is 0.167. The largest absolute Gasteiger partial charge is 0.452 e. The van der Waals surface area contributed by atoms with E-state index in [9.17, 15) is 14.0 Å².